The minimum absolute atomic E-state index is 0.492. The quantitative estimate of drug-likeness (QED) is 0.0673. The molecule has 0 fully saturated rings. The summed E-state index contributed by atoms with van der Waals surface area (Å²) in [6.07, 6.45) is 16.3. The van der Waals surface area contributed by atoms with Crippen LogP contribution in [0.25, 0.3) is 78.2 Å². The van der Waals surface area contributed by atoms with Crippen LogP contribution in [0.15, 0.2) is 134 Å². The molecule has 9 heterocycles. The fourth-order valence-electron chi connectivity index (χ4n) is 8.25. The highest BCUT2D eigenvalue weighted by atomic mass is 79.9. The zero-order chi connectivity index (χ0) is 58.2. The first-order valence-electron chi connectivity index (χ1n) is 26.8. The molecule has 0 unspecified atom stereocenters. The number of ether oxygens (including phenoxy) is 3. The van der Waals surface area contributed by atoms with Crippen molar-refractivity contribution in [3.05, 3.63) is 149 Å². The molecule has 0 bridgehead atoms. The van der Waals surface area contributed by atoms with Crippen LogP contribution in [0.5, 0.6) is 0 Å². The molecule has 12 aromatic rings. The van der Waals surface area contributed by atoms with E-state index in [1.165, 1.54) is 6.04 Å². The maximum atomic E-state index is 6.13. The van der Waals surface area contributed by atoms with Crippen LogP contribution in [0.2, 0.25) is 92.1 Å². The Balaban J connectivity index is 0.000000139. The first kappa shape index (κ1) is 60.4. The molecule has 0 spiro atoms. The lowest BCUT2D eigenvalue weighted by Gasteiger charge is -2.15. The summed E-state index contributed by atoms with van der Waals surface area (Å²) in [4.78, 5) is 43.2. The lowest BCUT2D eigenvalue weighted by Crippen LogP contribution is -2.22. The van der Waals surface area contributed by atoms with Gasteiger partial charge in [0.1, 0.15) is 54.0 Å². The molecule has 428 valence electrons. The number of nitrogens with zero attached hydrogens (tertiary/aromatic N) is 14. The molecule has 25 heteroatoms. The maximum Gasteiger partial charge on any atom is 0.160 e. The summed E-state index contributed by atoms with van der Waals surface area (Å²) in [6, 6.07) is 26.2. The molecule has 0 aliphatic heterocycles. The van der Waals surface area contributed by atoms with Crippen LogP contribution in [-0.2, 0) is 34.4 Å². The van der Waals surface area contributed by atoms with Crippen LogP contribution in [0.4, 0.5) is 0 Å². The summed E-state index contributed by atoms with van der Waals surface area (Å²) in [5.74, 6) is 1.44. The summed E-state index contributed by atoms with van der Waals surface area (Å²) < 4.78 is 27.9. The third-order valence-electron chi connectivity index (χ3n) is 12.9. The smallest absolute Gasteiger partial charge is 0.160 e. The van der Waals surface area contributed by atoms with Crippen molar-refractivity contribution in [2.45, 2.75) is 97.2 Å². The second-order valence-corrected chi connectivity index (χ2v) is 42.2. The van der Waals surface area contributed by atoms with Gasteiger partial charge in [-0.05, 0) is 107 Å². The summed E-state index contributed by atoms with van der Waals surface area (Å²) in [7, 11) is -3.16. The average Bonchev–Trinajstić information content (AvgIpc) is 4.33. The molecule has 0 amide bonds. The number of rotatable bonds is 17. The highest BCUT2D eigenvalue weighted by Gasteiger charge is 2.17. The fraction of sp³-hybridized carbons (Fsp3) is 0.316. The molecule has 9 aromatic heterocycles. The SMILES string of the molecule is C[Si](C)(C)CCOCn1ccc2nc(-n3cnc4cc(Cl)ccc43)cnc21.C[Si](C)(C)CCOCn1ccc2nc(-n3cnc4ccc(Cl)cc43)cnc21.C[Si](C)(C)CCOCn1ccc2nc(Br)cnc21.Clc1ccc2nc[nH]c2c1. The third-order valence-corrected chi connectivity index (χ3v) is 19.1. The van der Waals surface area contributed by atoms with E-state index in [0.717, 1.165) is 114 Å². The van der Waals surface area contributed by atoms with Gasteiger partial charge in [-0.1, -0.05) is 93.7 Å². The molecule has 82 heavy (non-hydrogen) atoms. The first-order chi connectivity index (χ1) is 39.1. The molecule has 0 saturated heterocycles. The van der Waals surface area contributed by atoms with E-state index in [1.54, 1.807) is 37.6 Å². The van der Waals surface area contributed by atoms with E-state index in [1.807, 2.05) is 114 Å². The Kier molecular flexibility index (Phi) is 19.6. The largest absolute Gasteiger partial charge is 0.361 e. The molecule has 0 radical (unpaired) electrons. The number of hydrogen-bond acceptors (Lipinski definition) is 12. The van der Waals surface area contributed by atoms with E-state index in [9.17, 15) is 0 Å². The van der Waals surface area contributed by atoms with Crippen molar-refractivity contribution in [1.82, 2.24) is 72.7 Å². The molecule has 0 aliphatic carbocycles. The summed E-state index contributed by atoms with van der Waals surface area (Å²) in [5, 5.41) is 2.07. The topological polar surface area (TPSA) is 184 Å². The molecule has 12 rings (SSSR count). The summed E-state index contributed by atoms with van der Waals surface area (Å²) >= 11 is 21.2. The second kappa shape index (κ2) is 26.6. The van der Waals surface area contributed by atoms with Crippen LogP contribution < -0.4 is 0 Å². The molecule has 18 nitrogen and oxygen atoms in total. The van der Waals surface area contributed by atoms with Gasteiger partial charge in [0.2, 0.25) is 0 Å². The number of H-pyrrole nitrogens is 1. The fourth-order valence-corrected chi connectivity index (χ4v) is 11.3. The van der Waals surface area contributed by atoms with Gasteiger partial charge in [-0.3, -0.25) is 9.13 Å². The van der Waals surface area contributed by atoms with Crippen molar-refractivity contribution in [3.8, 4) is 11.6 Å². The van der Waals surface area contributed by atoms with E-state index < -0.39 is 24.2 Å². The molecule has 0 atom stereocenters. The van der Waals surface area contributed by atoms with Gasteiger partial charge in [0.05, 0.1) is 58.0 Å². The maximum absolute atomic E-state index is 6.13. The van der Waals surface area contributed by atoms with Crippen LogP contribution in [0.1, 0.15) is 0 Å². The third kappa shape index (κ3) is 16.3. The van der Waals surface area contributed by atoms with Crippen molar-refractivity contribution < 1.29 is 14.2 Å². The number of hydrogen-bond donors (Lipinski definition) is 1. The van der Waals surface area contributed by atoms with E-state index in [0.29, 0.717) is 36.1 Å². The second-order valence-electron chi connectivity index (χ2n) is 23.2. The van der Waals surface area contributed by atoms with Crippen LogP contribution in [0, 0.1) is 0 Å². The Bertz CT molecular complexity index is 4090. The zero-order valence-electron chi connectivity index (χ0n) is 47.5. The van der Waals surface area contributed by atoms with Gasteiger partial charge in [0, 0.05) is 77.7 Å². The minimum Gasteiger partial charge on any atom is -0.361 e. The minimum atomic E-state index is -1.08. The Hall–Kier alpha value is -6.19. The average molecular weight is 1280 g/mol. The van der Waals surface area contributed by atoms with Crippen molar-refractivity contribution in [1.29, 1.82) is 0 Å². The Morgan fingerprint density at radius 3 is 1.41 bits per heavy atom. The number of imidazole rings is 3. The lowest BCUT2D eigenvalue weighted by atomic mass is 10.3. The van der Waals surface area contributed by atoms with E-state index in [2.05, 4.69) is 115 Å². The van der Waals surface area contributed by atoms with Crippen molar-refractivity contribution in [3.63, 3.8) is 0 Å². The van der Waals surface area contributed by atoms with Crippen LogP contribution >= 0.6 is 50.7 Å². The Morgan fingerprint density at radius 2 is 0.890 bits per heavy atom. The molecule has 0 aliphatic rings. The Morgan fingerprint density at radius 1 is 0.451 bits per heavy atom. The standard InChI is InChI=1S/2C19H22ClN5OSi.C12H18BrN3OSi.C7H5ClN2/c1-27(2,3)9-8-26-13-24-7-6-15-19(24)21-11-18(23-15)25-12-22-16-10-14(20)4-5-17(16)25;1-27(2,3)9-8-26-13-24-7-6-16-19(24)21-11-18(23-16)25-12-22-15-5-4-14(20)10-17(15)25;1-18(2,3)7-6-17-9-16-5-4-10-12(16)14-8-11(13)15-10;8-5-1-2-6-7(3-5)10-4-9-6/h2*4-7,10-12H,8-9,13H2,1-3H3;4-5,8H,6-7,9H2,1-3H3;1-4H,(H,9,10). The van der Waals surface area contributed by atoms with Crippen LogP contribution in [-0.4, -0.2) is 117 Å². The van der Waals surface area contributed by atoms with Gasteiger partial charge in [0.25, 0.3) is 0 Å². The highest BCUT2D eigenvalue weighted by Crippen LogP contribution is 2.25. The number of aromatic nitrogens is 15. The van der Waals surface area contributed by atoms with E-state index in [4.69, 9.17) is 59.0 Å². The van der Waals surface area contributed by atoms with Crippen molar-refractivity contribution in [2.24, 2.45) is 0 Å². The predicted molar refractivity (Wildman–Crippen MR) is 343 cm³/mol. The number of halogens is 4. The highest BCUT2D eigenvalue weighted by molar-refractivity contribution is 9.10. The van der Waals surface area contributed by atoms with Gasteiger partial charge in [-0.2, -0.15) is 0 Å². The number of benzene rings is 3. The summed E-state index contributed by atoms with van der Waals surface area (Å²) in [6.45, 7) is 25.1. The van der Waals surface area contributed by atoms with Gasteiger partial charge in [-0.25, -0.2) is 44.9 Å². The van der Waals surface area contributed by atoms with Gasteiger partial charge in [0.15, 0.2) is 28.6 Å². The zero-order valence-corrected chi connectivity index (χ0v) is 54.3. The van der Waals surface area contributed by atoms with Gasteiger partial charge in [-0.15, -0.1) is 0 Å². The molecule has 1 N–H and O–H groups in total. The normalized spacial score (nSPS) is 12.1. The molecule has 3 aromatic carbocycles. The number of nitrogens with one attached hydrogen (secondary N) is 1. The first-order valence-corrected chi connectivity index (χ1v) is 39.9. The van der Waals surface area contributed by atoms with E-state index in [-0.39, 0.29) is 0 Å². The molecule has 0 saturated carbocycles. The predicted octanol–water partition coefficient (Wildman–Crippen LogP) is 15.2. The van der Waals surface area contributed by atoms with Crippen LogP contribution in [0.3, 0.4) is 0 Å². The number of fused-ring (bicyclic) bond motifs is 6. The van der Waals surface area contributed by atoms with Crippen molar-refractivity contribution in [2.75, 3.05) is 19.8 Å². The van der Waals surface area contributed by atoms with Gasteiger partial charge >= 0.3 is 0 Å². The monoisotopic (exact) mass is 1280 g/mol. The molecular formula is C57H67BrCl3N15O3Si3. The number of aromatic amines is 1. The Labute approximate surface area is 502 Å². The van der Waals surface area contributed by atoms with Crippen molar-refractivity contribution >= 4 is 142 Å². The van der Waals surface area contributed by atoms with Gasteiger partial charge < -0.3 is 32.9 Å². The summed E-state index contributed by atoms with van der Waals surface area (Å²) in [5.41, 5.74) is 10.5. The molecular weight excluding hydrogens is 1210 g/mol. The van der Waals surface area contributed by atoms with E-state index >= 15 is 0 Å². The lowest BCUT2D eigenvalue weighted by molar-refractivity contribution is 0.0898.